The Labute approximate surface area is 198 Å². The SMILES string of the molecule is O=S(=O)(c1ccccc1)[C@@]1(Sc2ccccc2)[C@H](c2ccccc2)[C@@H]1Sc1ccccc1. The molecule has 5 rings (SSSR count). The number of hydrogen-bond acceptors (Lipinski definition) is 4. The Morgan fingerprint density at radius 3 is 1.62 bits per heavy atom. The van der Waals surface area contributed by atoms with Crippen molar-refractivity contribution < 1.29 is 8.42 Å². The van der Waals surface area contributed by atoms with Crippen LogP contribution >= 0.6 is 23.5 Å². The van der Waals surface area contributed by atoms with E-state index in [0.717, 1.165) is 15.4 Å². The van der Waals surface area contributed by atoms with Crippen LogP contribution in [0.25, 0.3) is 0 Å². The molecule has 0 saturated heterocycles. The van der Waals surface area contributed by atoms with E-state index in [1.165, 1.54) is 11.8 Å². The highest BCUT2D eigenvalue weighted by Crippen LogP contribution is 2.71. The third-order valence-corrected chi connectivity index (χ3v) is 11.9. The fourth-order valence-electron chi connectivity index (χ4n) is 4.13. The summed E-state index contributed by atoms with van der Waals surface area (Å²) in [6.45, 7) is 0. The molecule has 1 aliphatic carbocycles. The highest BCUT2D eigenvalue weighted by Gasteiger charge is 2.74. The summed E-state index contributed by atoms with van der Waals surface area (Å²) in [5.41, 5.74) is 1.06. The summed E-state index contributed by atoms with van der Waals surface area (Å²) in [5, 5.41) is -0.122. The van der Waals surface area contributed by atoms with Crippen LogP contribution in [0.2, 0.25) is 0 Å². The van der Waals surface area contributed by atoms with E-state index in [4.69, 9.17) is 0 Å². The highest BCUT2D eigenvalue weighted by atomic mass is 32.3. The van der Waals surface area contributed by atoms with Crippen LogP contribution in [0, 0.1) is 0 Å². The molecule has 1 saturated carbocycles. The first-order valence-corrected chi connectivity index (χ1v) is 13.6. The van der Waals surface area contributed by atoms with Gasteiger partial charge >= 0.3 is 0 Å². The standard InChI is InChI=1S/C27H22O2S3/c28-32(29,24-19-11-4-12-20-24)27(31-23-17-9-3-10-18-23)25(21-13-5-1-6-14-21)26(27)30-22-15-7-2-8-16-22/h1-20,25-26H/t25-,26+,27+/m1/s1. The normalized spacial score (nSPS) is 22.4. The van der Waals surface area contributed by atoms with Crippen LogP contribution in [0.4, 0.5) is 0 Å². The monoisotopic (exact) mass is 474 g/mol. The zero-order valence-electron chi connectivity index (χ0n) is 17.2. The lowest BCUT2D eigenvalue weighted by atomic mass is 10.1. The van der Waals surface area contributed by atoms with Crippen molar-refractivity contribution in [3.63, 3.8) is 0 Å². The summed E-state index contributed by atoms with van der Waals surface area (Å²) in [5.74, 6) is -0.135. The molecular weight excluding hydrogens is 452 g/mol. The Kier molecular flexibility index (Phi) is 5.89. The van der Waals surface area contributed by atoms with E-state index in [1.807, 2.05) is 72.8 Å². The van der Waals surface area contributed by atoms with Gasteiger partial charge in [0.15, 0.2) is 9.84 Å². The summed E-state index contributed by atoms with van der Waals surface area (Å²) in [6, 6.07) is 38.9. The second kappa shape index (κ2) is 8.81. The van der Waals surface area contributed by atoms with Crippen molar-refractivity contribution in [3.8, 4) is 0 Å². The maximum Gasteiger partial charge on any atom is 0.195 e. The van der Waals surface area contributed by atoms with Gasteiger partial charge in [-0.25, -0.2) is 8.42 Å². The molecule has 0 bridgehead atoms. The van der Waals surface area contributed by atoms with Gasteiger partial charge < -0.3 is 0 Å². The molecule has 4 aromatic rings. The van der Waals surface area contributed by atoms with Crippen molar-refractivity contribution in [3.05, 3.63) is 127 Å². The predicted octanol–water partition coefficient (Wildman–Crippen LogP) is 6.91. The average Bonchev–Trinajstić information content (AvgIpc) is 3.49. The van der Waals surface area contributed by atoms with Crippen LogP contribution in [0.15, 0.2) is 136 Å². The van der Waals surface area contributed by atoms with E-state index < -0.39 is 13.9 Å². The number of benzene rings is 4. The van der Waals surface area contributed by atoms with E-state index in [-0.39, 0.29) is 11.2 Å². The zero-order valence-corrected chi connectivity index (χ0v) is 19.7. The fourth-order valence-corrected chi connectivity index (χ4v) is 10.6. The van der Waals surface area contributed by atoms with E-state index in [1.54, 1.807) is 36.0 Å². The Morgan fingerprint density at radius 2 is 1.06 bits per heavy atom. The number of hydrogen-bond donors (Lipinski definition) is 0. The third kappa shape index (κ3) is 3.79. The molecule has 0 radical (unpaired) electrons. The molecule has 2 nitrogen and oxygen atoms in total. The molecule has 32 heavy (non-hydrogen) atoms. The summed E-state index contributed by atoms with van der Waals surface area (Å²) in [6.07, 6.45) is 0. The topological polar surface area (TPSA) is 34.1 Å². The van der Waals surface area contributed by atoms with Crippen LogP contribution in [0.3, 0.4) is 0 Å². The molecule has 0 amide bonds. The van der Waals surface area contributed by atoms with Gasteiger partial charge in [-0.2, -0.15) is 0 Å². The highest BCUT2D eigenvalue weighted by molar-refractivity contribution is 8.17. The molecule has 0 aliphatic heterocycles. The summed E-state index contributed by atoms with van der Waals surface area (Å²) >= 11 is 3.14. The number of rotatable bonds is 7. The van der Waals surface area contributed by atoms with Gasteiger partial charge in [0.25, 0.3) is 0 Å². The van der Waals surface area contributed by atoms with Crippen molar-refractivity contribution in [1.82, 2.24) is 0 Å². The van der Waals surface area contributed by atoms with Crippen LogP contribution in [0.5, 0.6) is 0 Å². The number of sulfone groups is 1. The Morgan fingerprint density at radius 1 is 0.594 bits per heavy atom. The van der Waals surface area contributed by atoms with Gasteiger partial charge in [0, 0.05) is 21.0 Å². The van der Waals surface area contributed by atoms with Gasteiger partial charge in [0.2, 0.25) is 0 Å². The van der Waals surface area contributed by atoms with Crippen molar-refractivity contribution in [1.29, 1.82) is 0 Å². The molecule has 0 heterocycles. The minimum atomic E-state index is -3.65. The molecule has 5 heteroatoms. The van der Waals surface area contributed by atoms with Crippen molar-refractivity contribution in [2.24, 2.45) is 0 Å². The number of thioether (sulfide) groups is 2. The van der Waals surface area contributed by atoms with E-state index >= 15 is 0 Å². The maximum absolute atomic E-state index is 14.3. The van der Waals surface area contributed by atoms with Crippen molar-refractivity contribution in [2.45, 2.75) is 29.9 Å². The predicted molar refractivity (Wildman–Crippen MR) is 134 cm³/mol. The minimum absolute atomic E-state index is 0.122. The van der Waals surface area contributed by atoms with Gasteiger partial charge in [0.1, 0.15) is 4.08 Å². The summed E-state index contributed by atoms with van der Waals surface area (Å²) < 4.78 is 27.5. The van der Waals surface area contributed by atoms with E-state index in [9.17, 15) is 8.42 Å². The molecule has 0 aromatic heterocycles. The lowest BCUT2D eigenvalue weighted by molar-refractivity contribution is 0.591. The zero-order chi connectivity index (χ0) is 22.0. The molecule has 0 spiro atoms. The van der Waals surface area contributed by atoms with Crippen molar-refractivity contribution >= 4 is 33.4 Å². The lowest BCUT2D eigenvalue weighted by Gasteiger charge is -2.19. The second-order valence-corrected chi connectivity index (χ2v) is 12.7. The van der Waals surface area contributed by atoms with Crippen LogP contribution in [-0.2, 0) is 9.84 Å². The summed E-state index contributed by atoms with van der Waals surface area (Å²) in [4.78, 5) is 2.42. The molecule has 4 aromatic carbocycles. The van der Waals surface area contributed by atoms with Crippen molar-refractivity contribution in [2.75, 3.05) is 0 Å². The van der Waals surface area contributed by atoms with Gasteiger partial charge in [-0.15, -0.1) is 23.5 Å². The minimum Gasteiger partial charge on any atom is -0.222 e. The van der Waals surface area contributed by atoms with E-state index in [0.29, 0.717) is 4.90 Å². The average molecular weight is 475 g/mol. The van der Waals surface area contributed by atoms with Gasteiger partial charge in [-0.05, 0) is 42.0 Å². The quantitative estimate of drug-likeness (QED) is 0.291. The smallest absolute Gasteiger partial charge is 0.195 e. The van der Waals surface area contributed by atoms with Crippen LogP contribution in [-0.4, -0.2) is 17.7 Å². The van der Waals surface area contributed by atoms with Crippen LogP contribution < -0.4 is 0 Å². The molecule has 1 aliphatic rings. The molecule has 3 atom stereocenters. The Hall–Kier alpha value is -2.47. The molecular formula is C27H22O2S3. The largest absolute Gasteiger partial charge is 0.222 e. The van der Waals surface area contributed by atoms with E-state index in [2.05, 4.69) is 24.3 Å². The molecule has 0 unspecified atom stereocenters. The first kappa shape index (κ1) is 21.4. The first-order valence-electron chi connectivity index (χ1n) is 10.4. The maximum atomic E-state index is 14.3. The fraction of sp³-hybridized carbons (Fsp3) is 0.111. The molecule has 160 valence electrons. The molecule has 0 N–H and O–H groups in total. The second-order valence-electron chi connectivity index (χ2n) is 7.69. The van der Waals surface area contributed by atoms with Gasteiger partial charge in [-0.1, -0.05) is 84.9 Å². The first-order chi connectivity index (χ1) is 15.6. The lowest BCUT2D eigenvalue weighted by Crippen LogP contribution is -2.24. The van der Waals surface area contributed by atoms with Crippen LogP contribution in [0.1, 0.15) is 11.5 Å². The summed E-state index contributed by atoms with van der Waals surface area (Å²) in [7, 11) is -3.65. The van der Waals surface area contributed by atoms with Gasteiger partial charge in [-0.3, -0.25) is 0 Å². The third-order valence-electron chi connectivity index (χ3n) is 5.68. The Balaban J connectivity index is 1.67. The molecule has 1 fully saturated rings. The van der Waals surface area contributed by atoms with Gasteiger partial charge in [0.05, 0.1) is 4.90 Å². The Bertz CT molecular complexity index is 1280.